The van der Waals surface area contributed by atoms with Crippen LogP contribution >= 0.6 is 0 Å². The lowest BCUT2D eigenvalue weighted by Gasteiger charge is -2.15. The molecule has 0 radical (unpaired) electrons. The molecule has 0 spiro atoms. The molecule has 0 heterocycles. The van der Waals surface area contributed by atoms with E-state index in [1.807, 2.05) is 12.1 Å². The second-order valence-corrected chi connectivity index (χ2v) is 6.19. The molecule has 1 atom stereocenters. The maximum absolute atomic E-state index is 12.0. The largest absolute Gasteiger partial charge is 0.497 e. The lowest BCUT2D eigenvalue weighted by molar-refractivity contribution is -0.136. The molecule has 0 saturated carbocycles. The van der Waals surface area contributed by atoms with Crippen LogP contribution in [0.15, 0.2) is 48.5 Å². The highest BCUT2D eigenvalue weighted by molar-refractivity contribution is 6.39. The Labute approximate surface area is 168 Å². The molecule has 2 aromatic rings. The number of anilines is 1. The molecule has 0 aliphatic carbocycles. The summed E-state index contributed by atoms with van der Waals surface area (Å²) in [5.74, 6) is -1.72. The van der Waals surface area contributed by atoms with Crippen molar-refractivity contribution in [2.24, 2.45) is 5.73 Å². The number of nitrogen functional groups attached to an aromatic ring is 1. The van der Waals surface area contributed by atoms with Gasteiger partial charge in [-0.15, -0.1) is 0 Å². The quantitative estimate of drug-likeness (QED) is 0.268. The summed E-state index contributed by atoms with van der Waals surface area (Å²) in [7, 11) is 1.56. The lowest BCUT2D eigenvalue weighted by atomic mass is 10.1. The minimum absolute atomic E-state index is 0.102. The number of amidine groups is 1. The molecule has 0 bridgehead atoms. The Hall–Kier alpha value is -3.88. The normalized spacial score (nSPS) is 11.1. The molecule has 152 valence electrons. The highest BCUT2D eigenvalue weighted by atomic mass is 16.5. The van der Waals surface area contributed by atoms with Crippen molar-refractivity contribution in [3.63, 3.8) is 0 Å². The summed E-state index contributed by atoms with van der Waals surface area (Å²) in [4.78, 5) is 35.9. The van der Waals surface area contributed by atoms with Crippen LogP contribution in [0.2, 0.25) is 0 Å². The van der Waals surface area contributed by atoms with Gasteiger partial charge >= 0.3 is 11.8 Å². The van der Waals surface area contributed by atoms with Crippen LogP contribution in [-0.4, -0.2) is 37.2 Å². The minimum atomic E-state index is -0.940. The van der Waals surface area contributed by atoms with Gasteiger partial charge in [0, 0.05) is 11.3 Å². The third-order valence-corrected chi connectivity index (χ3v) is 4.04. The van der Waals surface area contributed by atoms with E-state index in [1.54, 1.807) is 38.3 Å². The molecular weight excluding hydrogens is 374 g/mol. The molecule has 0 fully saturated rings. The first kappa shape index (κ1) is 21.4. The number of benzene rings is 2. The number of hydrogen-bond donors (Lipinski definition) is 5. The van der Waals surface area contributed by atoms with E-state index in [9.17, 15) is 14.4 Å². The number of carbonyl (C=O) groups excluding carboxylic acids is 3. The Bertz CT molecular complexity index is 911. The van der Waals surface area contributed by atoms with Crippen LogP contribution in [-0.2, 0) is 14.4 Å². The van der Waals surface area contributed by atoms with Gasteiger partial charge < -0.3 is 26.4 Å². The first-order valence-electron chi connectivity index (χ1n) is 8.77. The van der Waals surface area contributed by atoms with Crippen LogP contribution in [0.1, 0.15) is 24.1 Å². The molecule has 2 rings (SSSR count). The number of amides is 3. The van der Waals surface area contributed by atoms with Crippen molar-refractivity contribution in [2.45, 2.75) is 13.0 Å². The summed E-state index contributed by atoms with van der Waals surface area (Å²) in [6.07, 6.45) is 0. The molecule has 0 unspecified atom stereocenters. The molecule has 29 heavy (non-hydrogen) atoms. The van der Waals surface area contributed by atoms with E-state index in [4.69, 9.17) is 15.9 Å². The zero-order valence-corrected chi connectivity index (χ0v) is 16.1. The van der Waals surface area contributed by atoms with Gasteiger partial charge in [-0.1, -0.05) is 12.1 Å². The van der Waals surface area contributed by atoms with Crippen molar-refractivity contribution in [2.75, 3.05) is 19.0 Å². The van der Waals surface area contributed by atoms with Gasteiger partial charge in [0.05, 0.1) is 19.7 Å². The van der Waals surface area contributed by atoms with Crippen LogP contribution in [0.4, 0.5) is 5.69 Å². The van der Waals surface area contributed by atoms with Crippen LogP contribution in [0.5, 0.6) is 5.75 Å². The van der Waals surface area contributed by atoms with Gasteiger partial charge in [-0.05, 0) is 48.9 Å². The fourth-order valence-electron chi connectivity index (χ4n) is 2.45. The Kier molecular flexibility index (Phi) is 7.30. The number of nitrogens with two attached hydrogens (primary N) is 1. The maximum Gasteiger partial charge on any atom is 0.313 e. The Morgan fingerprint density at radius 3 is 2.41 bits per heavy atom. The zero-order chi connectivity index (χ0) is 21.4. The first-order chi connectivity index (χ1) is 13.8. The summed E-state index contributed by atoms with van der Waals surface area (Å²) >= 11 is 0. The summed E-state index contributed by atoms with van der Waals surface area (Å²) < 4.78 is 5.15. The number of carbonyl (C=O) groups is 3. The van der Waals surface area contributed by atoms with E-state index >= 15 is 0 Å². The zero-order valence-electron chi connectivity index (χ0n) is 16.1. The first-order valence-corrected chi connectivity index (χ1v) is 8.77. The van der Waals surface area contributed by atoms with Crippen molar-refractivity contribution in [1.29, 1.82) is 5.41 Å². The summed E-state index contributed by atoms with van der Waals surface area (Å²) in [6, 6.07) is 13.1. The molecule has 3 amide bonds. The Morgan fingerprint density at radius 1 is 1.10 bits per heavy atom. The van der Waals surface area contributed by atoms with Gasteiger partial charge in [0.2, 0.25) is 5.91 Å². The third kappa shape index (κ3) is 6.35. The van der Waals surface area contributed by atoms with Gasteiger partial charge in [-0.25, -0.2) is 0 Å². The van der Waals surface area contributed by atoms with E-state index < -0.39 is 17.7 Å². The van der Waals surface area contributed by atoms with E-state index in [1.165, 1.54) is 12.1 Å². The molecule has 0 saturated heterocycles. The van der Waals surface area contributed by atoms with Crippen molar-refractivity contribution in [3.8, 4) is 5.75 Å². The average molecular weight is 397 g/mol. The molecule has 2 aromatic carbocycles. The van der Waals surface area contributed by atoms with Crippen molar-refractivity contribution < 1.29 is 19.1 Å². The second kappa shape index (κ2) is 9.88. The predicted octanol–water partition coefficient (Wildman–Crippen LogP) is 0.911. The molecule has 6 N–H and O–H groups in total. The monoisotopic (exact) mass is 397 g/mol. The van der Waals surface area contributed by atoms with E-state index in [0.29, 0.717) is 17.0 Å². The van der Waals surface area contributed by atoms with Crippen LogP contribution in [0.3, 0.4) is 0 Å². The smallest absolute Gasteiger partial charge is 0.313 e. The standard InChI is InChI=1S/C20H23N5O4/c1-12(14-4-3-5-16(10-14)29-2)24-17(26)11-23-19(27)20(28)25-15-8-6-13(7-9-15)18(21)22/h3-10,12H,11H2,1-2H3,(H3,21,22)(H,23,27)(H,24,26)(H,25,28)/t12-/m0/s1. The SMILES string of the molecule is COc1cccc([C@H](C)NC(=O)CNC(=O)C(=O)Nc2ccc(C(=N)N)cc2)c1. The van der Waals surface area contributed by atoms with Crippen LogP contribution < -0.4 is 26.4 Å². The van der Waals surface area contributed by atoms with E-state index in [2.05, 4.69) is 16.0 Å². The fourth-order valence-corrected chi connectivity index (χ4v) is 2.45. The number of methoxy groups -OCH3 is 1. The summed E-state index contributed by atoms with van der Waals surface area (Å²) in [5, 5.41) is 14.7. The van der Waals surface area contributed by atoms with Gasteiger partial charge in [-0.3, -0.25) is 19.8 Å². The topological polar surface area (TPSA) is 146 Å². The molecule has 0 aromatic heterocycles. The molecule has 9 heteroatoms. The fraction of sp³-hybridized carbons (Fsp3) is 0.200. The van der Waals surface area contributed by atoms with Gasteiger partial charge in [0.15, 0.2) is 0 Å². The summed E-state index contributed by atoms with van der Waals surface area (Å²) in [6.45, 7) is 1.45. The molecule has 9 nitrogen and oxygen atoms in total. The number of rotatable bonds is 7. The lowest BCUT2D eigenvalue weighted by Crippen LogP contribution is -2.42. The predicted molar refractivity (Wildman–Crippen MR) is 109 cm³/mol. The maximum atomic E-state index is 12.0. The van der Waals surface area contributed by atoms with Crippen molar-refractivity contribution in [3.05, 3.63) is 59.7 Å². The Morgan fingerprint density at radius 2 is 1.79 bits per heavy atom. The molecule has 0 aliphatic heterocycles. The van der Waals surface area contributed by atoms with Gasteiger partial charge in [0.25, 0.3) is 0 Å². The third-order valence-electron chi connectivity index (χ3n) is 4.04. The minimum Gasteiger partial charge on any atom is -0.497 e. The highest BCUT2D eigenvalue weighted by Crippen LogP contribution is 2.18. The molecule has 0 aliphatic rings. The van der Waals surface area contributed by atoms with Crippen molar-refractivity contribution >= 4 is 29.2 Å². The molecular formula is C20H23N5O4. The van der Waals surface area contributed by atoms with E-state index in [-0.39, 0.29) is 18.4 Å². The van der Waals surface area contributed by atoms with Crippen LogP contribution in [0, 0.1) is 5.41 Å². The van der Waals surface area contributed by atoms with Gasteiger partial charge in [0.1, 0.15) is 11.6 Å². The number of ether oxygens (including phenoxy) is 1. The van der Waals surface area contributed by atoms with Crippen LogP contribution in [0.25, 0.3) is 0 Å². The van der Waals surface area contributed by atoms with Gasteiger partial charge in [-0.2, -0.15) is 0 Å². The number of hydrogen-bond acceptors (Lipinski definition) is 5. The second-order valence-electron chi connectivity index (χ2n) is 6.19. The Balaban J connectivity index is 1.81. The summed E-state index contributed by atoms with van der Waals surface area (Å²) in [5.41, 5.74) is 7.06. The average Bonchev–Trinajstić information content (AvgIpc) is 2.72. The van der Waals surface area contributed by atoms with E-state index in [0.717, 1.165) is 5.56 Å². The van der Waals surface area contributed by atoms with Crippen molar-refractivity contribution in [1.82, 2.24) is 10.6 Å². The highest BCUT2D eigenvalue weighted by Gasteiger charge is 2.16. The number of nitrogens with one attached hydrogen (secondary N) is 4.